The molecule has 0 radical (unpaired) electrons. The molecule has 0 spiro atoms. The fourth-order valence-corrected chi connectivity index (χ4v) is 4.20. The molecular formula is C26H34ClN3O3. The fourth-order valence-electron chi connectivity index (χ4n) is 3.87. The van der Waals surface area contributed by atoms with Crippen LogP contribution in [-0.2, 0) is 13.2 Å². The van der Waals surface area contributed by atoms with Crippen LogP contribution in [0.1, 0.15) is 37.1 Å². The largest absolute Gasteiger partial charge is 0.493 e. The zero-order chi connectivity index (χ0) is 24.0. The Morgan fingerprint density at radius 1 is 1.12 bits per heavy atom. The number of para-hydroxylation sites is 1. The summed E-state index contributed by atoms with van der Waals surface area (Å²) >= 11 is 6.63. The lowest BCUT2D eigenvalue weighted by Crippen LogP contribution is -2.35. The quantitative estimate of drug-likeness (QED) is 0.413. The van der Waals surface area contributed by atoms with Gasteiger partial charge in [0.25, 0.3) is 0 Å². The molecule has 33 heavy (non-hydrogen) atoms. The summed E-state index contributed by atoms with van der Waals surface area (Å²) in [4.78, 5) is 2.18. The molecular weight excluding hydrogens is 438 g/mol. The minimum Gasteiger partial charge on any atom is -0.493 e. The summed E-state index contributed by atoms with van der Waals surface area (Å²) < 4.78 is 13.4. The van der Waals surface area contributed by atoms with Crippen molar-refractivity contribution in [2.75, 3.05) is 20.8 Å². The van der Waals surface area contributed by atoms with Gasteiger partial charge in [0.1, 0.15) is 11.8 Å². The summed E-state index contributed by atoms with van der Waals surface area (Å²) in [6.45, 7) is 7.41. The van der Waals surface area contributed by atoms with Gasteiger partial charge in [0.2, 0.25) is 0 Å². The Kier molecular flexibility index (Phi) is 8.78. The molecule has 0 bridgehead atoms. The number of aliphatic hydroxyl groups excluding tert-OH is 1. The maximum atomic E-state index is 9.76. The van der Waals surface area contributed by atoms with Crippen molar-refractivity contribution in [2.45, 2.75) is 46.4 Å². The van der Waals surface area contributed by atoms with Gasteiger partial charge in [-0.2, -0.15) is 5.10 Å². The number of aromatic nitrogens is 2. The number of nitrogens with zero attached hydrogens (tertiary/aromatic N) is 3. The van der Waals surface area contributed by atoms with E-state index in [1.54, 1.807) is 11.8 Å². The SMILES string of the molecule is COc1cc(CN(C)[C@@H](CO)CC(C)C)ccc1OCc1c(C)nn(-c2ccccc2)c1Cl. The number of aryl methyl sites for hydroxylation is 1. The van der Waals surface area contributed by atoms with E-state index in [2.05, 4.69) is 23.8 Å². The highest BCUT2D eigenvalue weighted by Gasteiger charge is 2.18. The molecule has 1 N–H and O–H groups in total. The number of aliphatic hydroxyl groups is 1. The molecule has 0 fully saturated rings. The van der Waals surface area contributed by atoms with Gasteiger partial charge in [-0.25, -0.2) is 4.68 Å². The first-order valence-corrected chi connectivity index (χ1v) is 11.6. The molecule has 0 aliphatic heterocycles. The molecule has 0 aliphatic carbocycles. The first kappa shape index (κ1) is 25.1. The lowest BCUT2D eigenvalue weighted by molar-refractivity contribution is 0.124. The van der Waals surface area contributed by atoms with Gasteiger partial charge in [-0.05, 0) is 56.1 Å². The summed E-state index contributed by atoms with van der Waals surface area (Å²) in [5, 5.41) is 14.9. The van der Waals surface area contributed by atoms with Gasteiger partial charge < -0.3 is 14.6 Å². The molecule has 1 atom stereocenters. The minimum atomic E-state index is 0.123. The predicted molar refractivity (Wildman–Crippen MR) is 132 cm³/mol. The normalized spacial score (nSPS) is 12.4. The number of likely N-dealkylation sites (N-methyl/N-ethyl adjacent to an activating group) is 1. The first-order chi connectivity index (χ1) is 15.8. The summed E-state index contributed by atoms with van der Waals surface area (Å²) in [5.74, 6) is 1.83. The predicted octanol–water partition coefficient (Wildman–Crippen LogP) is 5.26. The summed E-state index contributed by atoms with van der Waals surface area (Å²) in [6.07, 6.45) is 0.947. The monoisotopic (exact) mass is 471 g/mol. The van der Waals surface area contributed by atoms with Crippen LogP contribution in [0.2, 0.25) is 5.15 Å². The van der Waals surface area contributed by atoms with E-state index in [1.165, 1.54) is 0 Å². The molecule has 0 saturated carbocycles. The number of methoxy groups -OCH3 is 1. The van der Waals surface area contributed by atoms with Gasteiger partial charge in [-0.15, -0.1) is 0 Å². The third-order valence-corrected chi connectivity index (χ3v) is 6.12. The molecule has 0 amide bonds. The average molecular weight is 472 g/mol. The van der Waals surface area contributed by atoms with Crippen LogP contribution >= 0.6 is 11.6 Å². The van der Waals surface area contributed by atoms with Crippen LogP contribution < -0.4 is 9.47 Å². The third kappa shape index (κ3) is 6.28. The van der Waals surface area contributed by atoms with E-state index in [1.807, 2.05) is 62.5 Å². The number of halogens is 1. The van der Waals surface area contributed by atoms with Gasteiger partial charge in [-0.3, -0.25) is 4.90 Å². The van der Waals surface area contributed by atoms with Crippen molar-refractivity contribution in [3.8, 4) is 17.2 Å². The molecule has 1 aromatic heterocycles. The van der Waals surface area contributed by atoms with Crippen molar-refractivity contribution >= 4 is 11.6 Å². The van der Waals surface area contributed by atoms with Crippen LogP contribution in [0, 0.1) is 12.8 Å². The van der Waals surface area contributed by atoms with Gasteiger partial charge in [0, 0.05) is 18.2 Å². The Hall–Kier alpha value is -2.54. The molecule has 178 valence electrons. The lowest BCUT2D eigenvalue weighted by Gasteiger charge is -2.28. The molecule has 0 aliphatic rings. The van der Waals surface area contributed by atoms with Crippen LogP contribution in [0.3, 0.4) is 0 Å². The van der Waals surface area contributed by atoms with E-state index in [0.29, 0.717) is 29.1 Å². The topological polar surface area (TPSA) is 59.8 Å². The van der Waals surface area contributed by atoms with E-state index in [4.69, 9.17) is 21.1 Å². The van der Waals surface area contributed by atoms with Crippen molar-refractivity contribution in [3.63, 3.8) is 0 Å². The van der Waals surface area contributed by atoms with E-state index >= 15 is 0 Å². The molecule has 1 heterocycles. The second-order valence-corrected chi connectivity index (χ2v) is 9.12. The van der Waals surface area contributed by atoms with E-state index in [0.717, 1.165) is 28.9 Å². The molecule has 6 nitrogen and oxygen atoms in total. The van der Waals surface area contributed by atoms with Crippen LogP contribution in [0.15, 0.2) is 48.5 Å². The van der Waals surface area contributed by atoms with E-state index < -0.39 is 0 Å². The Morgan fingerprint density at radius 3 is 2.48 bits per heavy atom. The van der Waals surface area contributed by atoms with Crippen LogP contribution in [0.5, 0.6) is 11.5 Å². The fraction of sp³-hybridized carbons (Fsp3) is 0.423. The first-order valence-electron chi connectivity index (χ1n) is 11.2. The average Bonchev–Trinajstić information content (AvgIpc) is 3.10. The Labute approximate surface area is 201 Å². The zero-order valence-corrected chi connectivity index (χ0v) is 20.8. The number of rotatable bonds is 11. The molecule has 3 rings (SSSR count). The van der Waals surface area contributed by atoms with Crippen molar-refractivity contribution in [2.24, 2.45) is 5.92 Å². The maximum absolute atomic E-state index is 9.76. The highest BCUT2D eigenvalue weighted by molar-refractivity contribution is 6.30. The molecule has 3 aromatic rings. The molecule has 0 unspecified atom stereocenters. The van der Waals surface area contributed by atoms with Gasteiger partial charge in [-0.1, -0.05) is 49.7 Å². The molecule has 2 aromatic carbocycles. The standard InChI is InChI=1S/C26H34ClN3O3/c1-18(2)13-22(16-31)29(4)15-20-11-12-24(25(14-20)32-5)33-17-23-19(3)28-30(26(23)27)21-9-7-6-8-10-21/h6-12,14,18,22,31H,13,15-17H2,1-5H3/t22-/m1/s1. The highest BCUT2D eigenvalue weighted by atomic mass is 35.5. The summed E-state index contributed by atoms with van der Waals surface area (Å²) in [5.41, 5.74) is 3.66. The number of hydrogen-bond acceptors (Lipinski definition) is 5. The van der Waals surface area contributed by atoms with Crippen LogP contribution in [0.25, 0.3) is 5.69 Å². The van der Waals surface area contributed by atoms with Gasteiger partial charge in [0.15, 0.2) is 11.5 Å². The van der Waals surface area contributed by atoms with Gasteiger partial charge in [0.05, 0.1) is 25.1 Å². The zero-order valence-electron chi connectivity index (χ0n) is 20.1. The minimum absolute atomic E-state index is 0.123. The van der Waals surface area contributed by atoms with Crippen molar-refractivity contribution < 1.29 is 14.6 Å². The second-order valence-electron chi connectivity index (χ2n) is 8.76. The molecule has 0 saturated heterocycles. The number of benzene rings is 2. The Bertz CT molecular complexity index is 1040. The number of ether oxygens (including phenoxy) is 2. The van der Waals surface area contributed by atoms with Crippen molar-refractivity contribution in [1.29, 1.82) is 0 Å². The lowest BCUT2D eigenvalue weighted by atomic mass is 10.0. The van der Waals surface area contributed by atoms with Crippen molar-refractivity contribution in [1.82, 2.24) is 14.7 Å². The van der Waals surface area contributed by atoms with E-state index in [9.17, 15) is 5.11 Å². The molecule has 7 heteroatoms. The van der Waals surface area contributed by atoms with Gasteiger partial charge >= 0.3 is 0 Å². The van der Waals surface area contributed by atoms with Crippen LogP contribution in [-0.4, -0.2) is 46.6 Å². The second kappa shape index (κ2) is 11.5. The summed E-state index contributed by atoms with van der Waals surface area (Å²) in [7, 11) is 3.67. The Morgan fingerprint density at radius 2 is 1.85 bits per heavy atom. The maximum Gasteiger partial charge on any atom is 0.161 e. The Balaban J connectivity index is 1.72. The smallest absolute Gasteiger partial charge is 0.161 e. The summed E-state index contributed by atoms with van der Waals surface area (Å²) in [6, 6.07) is 15.8. The van der Waals surface area contributed by atoms with E-state index in [-0.39, 0.29) is 19.3 Å². The van der Waals surface area contributed by atoms with Crippen molar-refractivity contribution in [3.05, 3.63) is 70.5 Å². The van der Waals surface area contributed by atoms with Crippen LogP contribution in [0.4, 0.5) is 0 Å². The number of hydrogen-bond donors (Lipinski definition) is 1. The highest BCUT2D eigenvalue weighted by Crippen LogP contribution is 2.31. The third-order valence-electron chi connectivity index (χ3n) is 5.73.